The topological polar surface area (TPSA) is 107 Å². The highest BCUT2D eigenvalue weighted by atomic mass is 35.5. The number of benzene rings is 3. The molecule has 3 aromatic heterocycles. The summed E-state index contributed by atoms with van der Waals surface area (Å²) in [5.41, 5.74) is 8.24. The summed E-state index contributed by atoms with van der Waals surface area (Å²) in [7, 11) is 3.27. The number of fused-ring (bicyclic) bond motifs is 2. The van der Waals surface area contributed by atoms with E-state index in [9.17, 15) is 19.4 Å². The van der Waals surface area contributed by atoms with Gasteiger partial charge in [-0.05, 0) is 111 Å². The average molecular weight is 684 g/mol. The number of esters is 1. The van der Waals surface area contributed by atoms with E-state index in [1.54, 1.807) is 12.1 Å². The Hall–Kier alpha value is -4.93. The van der Waals surface area contributed by atoms with E-state index >= 15 is 0 Å². The molecule has 0 radical (unpaired) electrons. The number of halogens is 2. The standard InChI is InChI=1S/C38H39ClFN5O4/c1-22-24(3)41-45(36(22)35-31(39)13-14-32-34(35)23(2)37(38(48)49-5)44(32)15-7-17-46)16-6-8-28-21-29(43(4)42-28)11-9-25-18-26-20-27(40)10-12-30(26)33(47)19-25/h6,8,10,12-14,18-21,46-47H,7,9,11,15-17H2,1-5H3/b8-6+. The smallest absolute Gasteiger partial charge is 0.354 e. The summed E-state index contributed by atoms with van der Waals surface area (Å²) in [5, 5.41) is 32.2. The van der Waals surface area contributed by atoms with Crippen molar-refractivity contribution in [1.29, 1.82) is 0 Å². The lowest BCUT2D eigenvalue weighted by Crippen LogP contribution is -2.12. The van der Waals surface area contributed by atoms with Crippen molar-refractivity contribution in [2.24, 2.45) is 7.05 Å². The fourth-order valence-electron chi connectivity index (χ4n) is 6.70. The van der Waals surface area contributed by atoms with E-state index in [4.69, 9.17) is 21.4 Å². The van der Waals surface area contributed by atoms with Gasteiger partial charge >= 0.3 is 5.97 Å². The number of rotatable bonds is 11. The molecule has 0 aliphatic heterocycles. The Morgan fingerprint density at radius 2 is 1.84 bits per heavy atom. The first-order valence-electron chi connectivity index (χ1n) is 16.2. The number of carbonyl (C=O) groups excluding carboxylic acids is 1. The molecule has 0 atom stereocenters. The van der Waals surface area contributed by atoms with Gasteiger partial charge in [0, 0.05) is 47.7 Å². The number of hydrogen-bond acceptors (Lipinski definition) is 6. The zero-order valence-corrected chi connectivity index (χ0v) is 29.0. The van der Waals surface area contributed by atoms with E-state index in [0.29, 0.717) is 53.8 Å². The van der Waals surface area contributed by atoms with E-state index in [2.05, 4.69) is 5.10 Å². The molecule has 6 rings (SSSR count). The van der Waals surface area contributed by atoms with Crippen LogP contribution in [0.25, 0.3) is 39.0 Å². The molecule has 0 aliphatic rings. The number of aryl methyl sites for hydroxylation is 6. The number of ether oxygens (including phenoxy) is 1. The highest BCUT2D eigenvalue weighted by Crippen LogP contribution is 2.41. The van der Waals surface area contributed by atoms with Crippen molar-refractivity contribution in [3.63, 3.8) is 0 Å². The largest absolute Gasteiger partial charge is 0.507 e. The molecule has 0 fully saturated rings. The Morgan fingerprint density at radius 3 is 2.59 bits per heavy atom. The summed E-state index contributed by atoms with van der Waals surface area (Å²) in [4.78, 5) is 13.0. The zero-order valence-electron chi connectivity index (χ0n) is 28.2. The van der Waals surface area contributed by atoms with Gasteiger partial charge in [0.2, 0.25) is 0 Å². The molecule has 6 aromatic rings. The monoisotopic (exact) mass is 683 g/mol. The number of aromatic hydroxyl groups is 1. The van der Waals surface area contributed by atoms with Gasteiger partial charge in [-0.2, -0.15) is 10.2 Å². The molecular weight excluding hydrogens is 645 g/mol. The molecule has 0 aliphatic carbocycles. The van der Waals surface area contributed by atoms with Crippen LogP contribution in [-0.2, 0) is 37.7 Å². The molecule has 11 heteroatoms. The summed E-state index contributed by atoms with van der Waals surface area (Å²) in [6.45, 7) is 6.76. The normalized spacial score (nSPS) is 11.8. The zero-order chi connectivity index (χ0) is 35.0. The summed E-state index contributed by atoms with van der Waals surface area (Å²) in [5.74, 6) is -0.644. The second kappa shape index (κ2) is 13.9. The minimum Gasteiger partial charge on any atom is -0.507 e. The third-order valence-electron chi connectivity index (χ3n) is 9.19. The predicted molar refractivity (Wildman–Crippen MR) is 191 cm³/mol. The number of allylic oxidation sites excluding steroid dienone is 1. The molecule has 49 heavy (non-hydrogen) atoms. The third-order valence-corrected chi connectivity index (χ3v) is 9.51. The third kappa shape index (κ3) is 6.46. The lowest BCUT2D eigenvalue weighted by Gasteiger charge is -2.12. The van der Waals surface area contributed by atoms with E-state index in [-0.39, 0.29) is 18.2 Å². The maximum atomic E-state index is 13.8. The number of nitrogens with zero attached hydrogens (tertiary/aromatic N) is 5. The number of aliphatic hydroxyl groups excluding tert-OH is 1. The number of aromatic nitrogens is 5. The van der Waals surface area contributed by atoms with E-state index in [0.717, 1.165) is 55.9 Å². The Balaban J connectivity index is 1.28. The van der Waals surface area contributed by atoms with Crippen molar-refractivity contribution in [2.45, 2.75) is 53.1 Å². The van der Waals surface area contributed by atoms with Crippen molar-refractivity contribution >= 4 is 45.3 Å². The van der Waals surface area contributed by atoms with Crippen LogP contribution in [0.2, 0.25) is 5.02 Å². The van der Waals surface area contributed by atoms with E-state index in [1.165, 1.54) is 19.2 Å². The molecule has 0 amide bonds. The number of hydrogen-bond donors (Lipinski definition) is 2. The number of methoxy groups -OCH3 is 1. The van der Waals surface area contributed by atoms with Crippen molar-refractivity contribution < 1.29 is 24.1 Å². The number of carbonyl (C=O) groups is 1. The van der Waals surface area contributed by atoms with Crippen LogP contribution in [0.15, 0.2) is 54.6 Å². The Labute approximate surface area is 288 Å². The van der Waals surface area contributed by atoms with Gasteiger partial charge in [-0.15, -0.1) is 0 Å². The van der Waals surface area contributed by atoms with Gasteiger partial charge in [0.05, 0.1) is 35.8 Å². The van der Waals surface area contributed by atoms with Gasteiger partial charge in [-0.25, -0.2) is 9.18 Å². The molecule has 0 saturated carbocycles. The Bertz CT molecular complexity index is 2250. The molecule has 3 aromatic carbocycles. The first kappa shape index (κ1) is 34.0. The highest BCUT2D eigenvalue weighted by molar-refractivity contribution is 6.35. The first-order chi connectivity index (χ1) is 23.5. The molecule has 0 saturated heterocycles. The summed E-state index contributed by atoms with van der Waals surface area (Å²) in [6.07, 6.45) is 5.79. The van der Waals surface area contributed by atoms with Crippen molar-refractivity contribution in [1.82, 2.24) is 24.1 Å². The van der Waals surface area contributed by atoms with E-state index in [1.807, 2.05) is 78.2 Å². The summed E-state index contributed by atoms with van der Waals surface area (Å²) < 4.78 is 24.6. The van der Waals surface area contributed by atoms with Crippen LogP contribution in [0, 0.1) is 26.6 Å². The molecule has 0 bridgehead atoms. The van der Waals surface area contributed by atoms with Crippen LogP contribution in [0.3, 0.4) is 0 Å². The molecule has 2 N–H and O–H groups in total. The van der Waals surface area contributed by atoms with Crippen LogP contribution >= 0.6 is 11.6 Å². The minimum atomic E-state index is -0.446. The summed E-state index contributed by atoms with van der Waals surface area (Å²) in [6, 6.07) is 13.8. The molecule has 254 valence electrons. The Morgan fingerprint density at radius 1 is 1.04 bits per heavy atom. The lowest BCUT2D eigenvalue weighted by molar-refractivity contribution is 0.0587. The lowest BCUT2D eigenvalue weighted by atomic mass is 9.99. The molecule has 9 nitrogen and oxygen atoms in total. The van der Waals surface area contributed by atoms with E-state index < -0.39 is 5.97 Å². The number of phenolic OH excluding ortho intramolecular Hbond substituents is 1. The average Bonchev–Trinajstić information content (AvgIpc) is 3.67. The van der Waals surface area contributed by atoms with Crippen LogP contribution in [-0.4, -0.2) is 54.0 Å². The second-order valence-electron chi connectivity index (χ2n) is 12.3. The van der Waals surface area contributed by atoms with Gasteiger partial charge in [0.15, 0.2) is 0 Å². The molecular formula is C38H39ClFN5O4. The van der Waals surface area contributed by atoms with Gasteiger partial charge in [0.25, 0.3) is 0 Å². The number of aliphatic hydroxyl groups is 1. The fourth-order valence-corrected chi connectivity index (χ4v) is 6.95. The molecule has 0 unspecified atom stereocenters. The van der Waals surface area contributed by atoms with Gasteiger partial charge in [-0.3, -0.25) is 9.36 Å². The quantitative estimate of drug-likeness (QED) is 0.137. The first-order valence-corrected chi connectivity index (χ1v) is 16.6. The van der Waals surface area contributed by atoms with Crippen molar-refractivity contribution in [3.05, 3.63) is 105 Å². The minimum absolute atomic E-state index is 0.00767. The SMILES string of the molecule is COC(=O)c1c(C)c2c(-c3c(C)c(C)nn3C/C=C/c3cc(CCc4cc(O)c5ccc(F)cc5c4)n(C)n3)c(Cl)ccc2n1CCCO. The van der Waals surface area contributed by atoms with Gasteiger partial charge < -0.3 is 19.5 Å². The Kier molecular flexibility index (Phi) is 9.63. The summed E-state index contributed by atoms with van der Waals surface area (Å²) >= 11 is 6.94. The maximum absolute atomic E-state index is 13.8. The van der Waals surface area contributed by atoms with Crippen molar-refractivity contribution in [3.8, 4) is 17.0 Å². The molecule has 0 spiro atoms. The highest BCUT2D eigenvalue weighted by Gasteiger charge is 2.27. The number of phenols is 1. The maximum Gasteiger partial charge on any atom is 0.354 e. The van der Waals surface area contributed by atoms with Crippen LogP contribution < -0.4 is 0 Å². The predicted octanol–water partition coefficient (Wildman–Crippen LogP) is 7.48. The van der Waals surface area contributed by atoms with Crippen LogP contribution in [0.4, 0.5) is 4.39 Å². The van der Waals surface area contributed by atoms with Gasteiger partial charge in [-0.1, -0.05) is 23.7 Å². The van der Waals surface area contributed by atoms with Crippen molar-refractivity contribution in [2.75, 3.05) is 13.7 Å². The van der Waals surface area contributed by atoms with Crippen LogP contribution in [0.5, 0.6) is 5.75 Å². The van der Waals surface area contributed by atoms with Gasteiger partial charge in [0.1, 0.15) is 17.3 Å². The van der Waals surface area contributed by atoms with Crippen LogP contribution in [0.1, 0.15) is 50.7 Å². The molecule has 3 heterocycles. The fraction of sp³-hybridized carbons (Fsp3) is 0.289. The second-order valence-corrected chi connectivity index (χ2v) is 12.7.